The van der Waals surface area contributed by atoms with Crippen molar-refractivity contribution < 1.29 is 9.18 Å². The highest BCUT2D eigenvalue weighted by atomic mass is 127. The van der Waals surface area contributed by atoms with Gasteiger partial charge in [-0.05, 0) is 46.7 Å². The summed E-state index contributed by atoms with van der Waals surface area (Å²) in [5, 5.41) is 0.920. The Kier molecular flexibility index (Phi) is 3.01. The first kappa shape index (κ1) is 11.6. The lowest BCUT2D eigenvalue weighted by Crippen LogP contribution is -1.93. The van der Waals surface area contributed by atoms with Crippen molar-refractivity contribution in [1.82, 2.24) is 4.98 Å². The Morgan fingerprint density at radius 1 is 1.50 bits per heavy atom. The first-order valence-corrected chi connectivity index (χ1v) is 6.13. The van der Waals surface area contributed by atoms with E-state index < -0.39 is 0 Å². The standard InChI is InChI=1S/C12H11FINO/c1-3-7-4-8-10(5-9(7)13)15-12(6(2)16)11(8)14/h4-5,15H,3H2,1-2H3. The molecule has 0 saturated heterocycles. The zero-order valence-electron chi connectivity index (χ0n) is 9.03. The van der Waals surface area contributed by atoms with E-state index in [0.29, 0.717) is 23.2 Å². The number of halogens is 2. The summed E-state index contributed by atoms with van der Waals surface area (Å²) in [7, 11) is 0. The van der Waals surface area contributed by atoms with Crippen LogP contribution >= 0.6 is 22.6 Å². The fraction of sp³-hybridized carbons (Fsp3) is 0.250. The second-order valence-electron chi connectivity index (χ2n) is 3.71. The second-order valence-corrected chi connectivity index (χ2v) is 4.79. The van der Waals surface area contributed by atoms with E-state index in [1.807, 2.05) is 13.0 Å². The fourth-order valence-corrected chi connectivity index (χ4v) is 2.70. The summed E-state index contributed by atoms with van der Waals surface area (Å²) in [6.45, 7) is 3.42. The van der Waals surface area contributed by atoms with Gasteiger partial charge in [-0.25, -0.2) is 4.39 Å². The molecule has 0 aliphatic heterocycles. The van der Waals surface area contributed by atoms with E-state index in [9.17, 15) is 9.18 Å². The summed E-state index contributed by atoms with van der Waals surface area (Å²) < 4.78 is 14.4. The van der Waals surface area contributed by atoms with Crippen LogP contribution in [0.15, 0.2) is 12.1 Å². The van der Waals surface area contributed by atoms with E-state index in [0.717, 1.165) is 8.96 Å². The van der Waals surface area contributed by atoms with Crippen LogP contribution in [0.4, 0.5) is 4.39 Å². The monoisotopic (exact) mass is 331 g/mol. The van der Waals surface area contributed by atoms with Crippen LogP contribution in [0.2, 0.25) is 0 Å². The number of carbonyl (C=O) groups is 1. The SMILES string of the molecule is CCc1cc2c(I)c(C(C)=O)[nH]c2cc1F. The van der Waals surface area contributed by atoms with Crippen LogP contribution in [0.25, 0.3) is 10.9 Å². The number of aromatic nitrogens is 1. The minimum absolute atomic E-state index is 0.0287. The molecule has 1 aromatic heterocycles. The minimum atomic E-state index is -0.220. The third-order valence-corrected chi connectivity index (χ3v) is 3.76. The average molecular weight is 331 g/mol. The summed E-state index contributed by atoms with van der Waals surface area (Å²) in [6.07, 6.45) is 0.651. The van der Waals surface area contributed by atoms with Crippen LogP contribution in [0, 0.1) is 9.39 Å². The topological polar surface area (TPSA) is 32.9 Å². The molecule has 0 radical (unpaired) electrons. The summed E-state index contributed by atoms with van der Waals surface area (Å²) in [5.41, 5.74) is 1.92. The third kappa shape index (κ3) is 1.75. The van der Waals surface area contributed by atoms with Gasteiger partial charge in [0.25, 0.3) is 0 Å². The maximum absolute atomic E-state index is 13.6. The van der Waals surface area contributed by atoms with Crippen molar-refractivity contribution in [2.75, 3.05) is 0 Å². The molecule has 0 unspecified atom stereocenters. The third-order valence-electron chi connectivity index (χ3n) is 2.64. The molecule has 0 aliphatic rings. The predicted molar refractivity (Wildman–Crippen MR) is 70.4 cm³/mol. The summed E-state index contributed by atoms with van der Waals surface area (Å²) in [4.78, 5) is 14.3. The molecule has 0 atom stereocenters. The van der Waals surface area contributed by atoms with Crippen LogP contribution < -0.4 is 0 Å². The fourth-order valence-electron chi connectivity index (χ4n) is 1.74. The number of hydrogen-bond donors (Lipinski definition) is 1. The Morgan fingerprint density at radius 3 is 2.75 bits per heavy atom. The summed E-state index contributed by atoms with van der Waals surface area (Å²) in [5.74, 6) is -0.248. The zero-order valence-corrected chi connectivity index (χ0v) is 11.2. The van der Waals surface area contributed by atoms with Gasteiger partial charge >= 0.3 is 0 Å². The number of nitrogens with one attached hydrogen (secondary N) is 1. The van der Waals surface area contributed by atoms with Crippen molar-refractivity contribution in [3.8, 4) is 0 Å². The number of Topliss-reactive ketones (excluding diaryl/α,β-unsaturated/α-hetero) is 1. The van der Waals surface area contributed by atoms with Gasteiger partial charge in [0.15, 0.2) is 5.78 Å². The van der Waals surface area contributed by atoms with E-state index in [2.05, 4.69) is 27.6 Å². The van der Waals surface area contributed by atoms with Crippen molar-refractivity contribution in [1.29, 1.82) is 0 Å². The van der Waals surface area contributed by atoms with E-state index in [4.69, 9.17) is 0 Å². The van der Waals surface area contributed by atoms with Crippen LogP contribution in [0.5, 0.6) is 0 Å². The van der Waals surface area contributed by atoms with Crippen LogP contribution in [-0.2, 0) is 6.42 Å². The van der Waals surface area contributed by atoms with Crippen molar-refractivity contribution in [2.24, 2.45) is 0 Å². The van der Waals surface area contributed by atoms with Gasteiger partial charge in [-0.15, -0.1) is 0 Å². The predicted octanol–water partition coefficient (Wildman–Crippen LogP) is 3.68. The first-order valence-electron chi connectivity index (χ1n) is 5.05. The summed E-state index contributed by atoms with van der Waals surface area (Å²) in [6, 6.07) is 3.28. The highest BCUT2D eigenvalue weighted by molar-refractivity contribution is 14.1. The molecule has 2 rings (SSSR count). The largest absolute Gasteiger partial charge is 0.351 e. The zero-order chi connectivity index (χ0) is 11.9. The highest BCUT2D eigenvalue weighted by Crippen LogP contribution is 2.27. The van der Waals surface area contributed by atoms with Crippen molar-refractivity contribution in [2.45, 2.75) is 20.3 Å². The molecule has 1 aromatic carbocycles. The van der Waals surface area contributed by atoms with Crippen molar-refractivity contribution in [3.63, 3.8) is 0 Å². The Bertz CT molecular complexity index is 574. The van der Waals surface area contributed by atoms with Crippen molar-refractivity contribution in [3.05, 3.63) is 32.8 Å². The highest BCUT2D eigenvalue weighted by Gasteiger charge is 2.14. The number of rotatable bonds is 2. The lowest BCUT2D eigenvalue weighted by Gasteiger charge is -1.99. The lowest BCUT2D eigenvalue weighted by molar-refractivity contribution is 0.101. The molecule has 0 amide bonds. The molecule has 1 N–H and O–H groups in total. The first-order chi connectivity index (χ1) is 7.54. The second kappa shape index (κ2) is 4.16. The molecule has 4 heteroatoms. The van der Waals surface area contributed by atoms with Gasteiger partial charge in [-0.2, -0.15) is 0 Å². The molecule has 2 aromatic rings. The number of fused-ring (bicyclic) bond motifs is 1. The molecule has 0 spiro atoms. The van der Waals surface area contributed by atoms with E-state index in [-0.39, 0.29) is 11.6 Å². The smallest absolute Gasteiger partial charge is 0.177 e. The van der Waals surface area contributed by atoms with Crippen molar-refractivity contribution >= 4 is 39.3 Å². The lowest BCUT2D eigenvalue weighted by atomic mass is 10.1. The molecule has 0 fully saturated rings. The number of H-pyrrole nitrogens is 1. The maximum Gasteiger partial charge on any atom is 0.177 e. The van der Waals surface area contributed by atoms with E-state index in [1.54, 1.807) is 0 Å². The number of benzene rings is 1. The van der Waals surface area contributed by atoms with Gasteiger partial charge in [-0.3, -0.25) is 4.79 Å². The van der Waals surface area contributed by atoms with Gasteiger partial charge in [0.2, 0.25) is 0 Å². The molecule has 0 bridgehead atoms. The maximum atomic E-state index is 13.6. The average Bonchev–Trinajstić information content (AvgIpc) is 2.54. The number of hydrogen-bond acceptors (Lipinski definition) is 1. The van der Waals surface area contributed by atoms with E-state index in [1.165, 1.54) is 13.0 Å². The molecule has 0 aliphatic carbocycles. The number of carbonyl (C=O) groups excluding carboxylic acids is 1. The Hall–Kier alpha value is -0.910. The molecule has 16 heavy (non-hydrogen) atoms. The number of aromatic amines is 1. The summed E-state index contributed by atoms with van der Waals surface area (Å²) >= 11 is 2.12. The van der Waals surface area contributed by atoms with Gasteiger partial charge in [-0.1, -0.05) is 6.92 Å². The molecular weight excluding hydrogens is 320 g/mol. The van der Waals surface area contributed by atoms with Gasteiger partial charge < -0.3 is 4.98 Å². The molecule has 1 heterocycles. The normalized spacial score (nSPS) is 11.0. The number of aryl methyl sites for hydroxylation is 1. The number of ketones is 1. The van der Waals surface area contributed by atoms with Crippen LogP contribution in [0.3, 0.4) is 0 Å². The minimum Gasteiger partial charge on any atom is -0.351 e. The molecule has 84 valence electrons. The van der Waals surface area contributed by atoms with Gasteiger partial charge in [0.1, 0.15) is 5.82 Å². The molecule has 2 nitrogen and oxygen atoms in total. The molecule has 0 saturated carbocycles. The Labute approximate surface area is 106 Å². The van der Waals surface area contributed by atoms with Gasteiger partial charge in [0, 0.05) is 21.4 Å². The van der Waals surface area contributed by atoms with E-state index >= 15 is 0 Å². The quantitative estimate of drug-likeness (QED) is 0.661. The molecular formula is C12H11FINO. The Balaban J connectivity index is 2.77. The van der Waals surface area contributed by atoms with Crippen LogP contribution in [-0.4, -0.2) is 10.8 Å². The van der Waals surface area contributed by atoms with Crippen LogP contribution in [0.1, 0.15) is 29.9 Å². The Morgan fingerprint density at radius 2 is 2.19 bits per heavy atom. The van der Waals surface area contributed by atoms with Gasteiger partial charge in [0.05, 0.1) is 5.69 Å².